The van der Waals surface area contributed by atoms with Crippen molar-refractivity contribution >= 4 is 11.8 Å². The van der Waals surface area contributed by atoms with Gasteiger partial charge in [-0.3, -0.25) is 9.59 Å². The maximum atomic E-state index is 12.6. The van der Waals surface area contributed by atoms with Gasteiger partial charge in [-0.25, -0.2) is 0 Å². The van der Waals surface area contributed by atoms with Crippen molar-refractivity contribution in [2.24, 2.45) is 5.92 Å². The summed E-state index contributed by atoms with van der Waals surface area (Å²) in [5.41, 5.74) is 0. The molecule has 0 aromatic heterocycles. The minimum atomic E-state index is -0.461. The lowest BCUT2D eigenvalue weighted by molar-refractivity contribution is -0.138. The van der Waals surface area contributed by atoms with Crippen LogP contribution >= 0.6 is 0 Å². The van der Waals surface area contributed by atoms with E-state index in [0.29, 0.717) is 12.5 Å². The zero-order valence-corrected chi connectivity index (χ0v) is 16.8. The molecule has 1 saturated carbocycles. The van der Waals surface area contributed by atoms with Crippen LogP contribution in [0.5, 0.6) is 0 Å². The van der Waals surface area contributed by atoms with E-state index in [1.807, 2.05) is 4.90 Å². The van der Waals surface area contributed by atoms with Crippen molar-refractivity contribution in [1.82, 2.24) is 10.2 Å². The summed E-state index contributed by atoms with van der Waals surface area (Å²) in [5.74, 6) is 0.520. The van der Waals surface area contributed by atoms with E-state index in [4.69, 9.17) is 9.47 Å². The molecule has 1 N–H and O–H groups in total. The van der Waals surface area contributed by atoms with Gasteiger partial charge in [-0.1, -0.05) is 19.3 Å². The average Bonchev–Trinajstić information content (AvgIpc) is 2.73. The first kappa shape index (κ1) is 20.6. The van der Waals surface area contributed by atoms with E-state index >= 15 is 0 Å². The van der Waals surface area contributed by atoms with E-state index in [0.717, 1.165) is 58.2 Å². The lowest BCUT2D eigenvalue weighted by Gasteiger charge is -2.35. The molecule has 3 aliphatic rings. The molecule has 0 spiro atoms. The number of rotatable bonds is 6. The molecule has 6 nitrogen and oxygen atoms in total. The van der Waals surface area contributed by atoms with Gasteiger partial charge in [0.1, 0.15) is 6.10 Å². The number of amides is 2. The van der Waals surface area contributed by atoms with Crippen LogP contribution in [0.1, 0.15) is 71.1 Å². The smallest absolute Gasteiger partial charge is 0.249 e. The molecule has 1 aliphatic carbocycles. The molecule has 0 bridgehead atoms. The molecule has 2 amide bonds. The summed E-state index contributed by atoms with van der Waals surface area (Å²) in [5, 5.41) is 3.10. The van der Waals surface area contributed by atoms with Crippen molar-refractivity contribution in [1.29, 1.82) is 0 Å². The molecule has 154 valence electrons. The Morgan fingerprint density at radius 1 is 1.04 bits per heavy atom. The number of nitrogens with one attached hydrogen (secondary N) is 1. The van der Waals surface area contributed by atoms with Crippen molar-refractivity contribution in [3.63, 3.8) is 0 Å². The Hall–Kier alpha value is -1.14. The monoisotopic (exact) mass is 380 g/mol. The maximum Gasteiger partial charge on any atom is 0.249 e. The standard InChI is InChI=1S/C21H36N2O4/c1-16(27-15-19-9-5-6-14-26-19)20(24)22-18-10-12-23(13-11-18)21(25)17-7-3-2-4-8-17/h16-19H,2-15H2,1H3,(H,22,24). The Balaban J connectivity index is 1.34. The van der Waals surface area contributed by atoms with E-state index in [2.05, 4.69) is 5.32 Å². The number of piperidine rings is 1. The van der Waals surface area contributed by atoms with Gasteiger partial charge in [-0.05, 0) is 51.9 Å². The molecule has 3 rings (SSSR count). The summed E-state index contributed by atoms with van der Waals surface area (Å²) in [6.07, 6.45) is 10.4. The van der Waals surface area contributed by atoms with Crippen LogP contribution in [0.4, 0.5) is 0 Å². The van der Waals surface area contributed by atoms with Crippen LogP contribution in [0, 0.1) is 5.92 Å². The molecule has 2 saturated heterocycles. The van der Waals surface area contributed by atoms with Crippen LogP contribution in [0.3, 0.4) is 0 Å². The zero-order chi connectivity index (χ0) is 19.1. The fourth-order valence-corrected chi connectivity index (χ4v) is 4.44. The number of ether oxygens (including phenoxy) is 2. The van der Waals surface area contributed by atoms with Gasteiger partial charge in [0.2, 0.25) is 11.8 Å². The lowest BCUT2D eigenvalue weighted by atomic mass is 9.87. The second-order valence-electron chi connectivity index (χ2n) is 8.41. The minimum Gasteiger partial charge on any atom is -0.376 e. The zero-order valence-electron chi connectivity index (χ0n) is 16.8. The Kier molecular flexibility index (Phi) is 7.94. The second-order valence-corrected chi connectivity index (χ2v) is 8.41. The van der Waals surface area contributed by atoms with Crippen molar-refractivity contribution in [2.45, 2.75) is 89.4 Å². The van der Waals surface area contributed by atoms with E-state index in [1.54, 1.807) is 6.92 Å². The van der Waals surface area contributed by atoms with Gasteiger partial charge in [-0.15, -0.1) is 0 Å². The first-order valence-electron chi connectivity index (χ1n) is 11.0. The van der Waals surface area contributed by atoms with E-state index in [9.17, 15) is 9.59 Å². The topological polar surface area (TPSA) is 67.9 Å². The first-order chi connectivity index (χ1) is 13.1. The fourth-order valence-electron chi connectivity index (χ4n) is 4.44. The summed E-state index contributed by atoms with van der Waals surface area (Å²) in [4.78, 5) is 27.0. The third-order valence-corrected chi connectivity index (χ3v) is 6.28. The highest BCUT2D eigenvalue weighted by molar-refractivity contribution is 5.81. The molecule has 27 heavy (non-hydrogen) atoms. The highest BCUT2D eigenvalue weighted by atomic mass is 16.5. The van der Waals surface area contributed by atoms with E-state index in [1.165, 1.54) is 25.7 Å². The van der Waals surface area contributed by atoms with Crippen LogP contribution in [0.25, 0.3) is 0 Å². The third-order valence-electron chi connectivity index (χ3n) is 6.28. The van der Waals surface area contributed by atoms with Crippen LogP contribution in [-0.4, -0.2) is 61.3 Å². The molecule has 3 fully saturated rings. The van der Waals surface area contributed by atoms with Crippen LogP contribution in [0.15, 0.2) is 0 Å². The Bertz CT molecular complexity index is 479. The number of carbonyl (C=O) groups is 2. The number of carbonyl (C=O) groups excluding carboxylic acids is 2. The normalized spacial score (nSPS) is 26.6. The second kappa shape index (κ2) is 10.4. The fraction of sp³-hybridized carbons (Fsp3) is 0.905. The summed E-state index contributed by atoms with van der Waals surface area (Å²) >= 11 is 0. The van der Waals surface area contributed by atoms with Crippen molar-refractivity contribution in [3.8, 4) is 0 Å². The largest absolute Gasteiger partial charge is 0.376 e. The molecule has 2 heterocycles. The first-order valence-corrected chi connectivity index (χ1v) is 11.0. The predicted octanol–water partition coefficient (Wildman–Crippen LogP) is 2.65. The maximum absolute atomic E-state index is 12.6. The van der Waals surface area contributed by atoms with Gasteiger partial charge >= 0.3 is 0 Å². The van der Waals surface area contributed by atoms with Gasteiger partial charge in [0, 0.05) is 31.7 Å². The number of hydrogen-bond acceptors (Lipinski definition) is 4. The molecule has 0 aromatic rings. The highest BCUT2D eigenvalue weighted by Gasteiger charge is 2.30. The molecular formula is C21H36N2O4. The quantitative estimate of drug-likeness (QED) is 0.769. The van der Waals surface area contributed by atoms with E-state index < -0.39 is 6.10 Å². The van der Waals surface area contributed by atoms with Crippen LogP contribution < -0.4 is 5.32 Å². The van der Waals surface area contributed by atoms with Gasteiger partial charge in [-0.2, -0.15) is 0 Å². The SMILES string of the molecule is CC(OCC1CCCCO1)C(=O)NC1CCN(C(=O)C2CCCCC2)CC1. The summed E-state index contributed by atoms with van der Waals surface area (Å²) in [6, 6.07) is 0.143. The number of nitrogens with zero attached hydrogens (tertiary/aromatic N) is 1. The molecule has 2 aliphatic heterocycles. The van der Waals surface area contributed by atoms with Crippen molar-refractivity contribution in [3.05, 3.63) is 0 Å². The Labute approximate surface area is 163 Å². The predicted molar refractivity (Wildman–Crippen MR) is 103 cm³/mol. The average molecular weight is 381 g/mol. The molecule has 0 aromatic carbocycles. The minimum absolute atomic E-state index is 0.0529. The Morgan fingerprint density at radius 2 is 1.74 bits per heavy atom. The molecular weight excluding hydrogens is 344 g/mol. The van der Waals surface area contributed by atoms with Gasteiger partial charge in [0.15, 0.2) is 0 Å². The summed E-state index contributed by atoms with van der Waals surface area (Å²) in [6.45, 7) is 4.60. The van der Waals surface area contributed by atoms with E-state index in [-0.39, 0.29) is 24.0 Å². The summed E-state index contributed by atoms with van der Waals surface area (Å²) in [7, 11) is 0. The van der Waals surface area contributed by atoms with Gasteiger partial charge < -0.3 is 19.7 Å². The van der Waals surface area contributed by atoms with Gasteiger partial charge in [0.05, 0.1) is 12.7 Å². The van der Waals surface area contributed by atoms with Gasteiger partial charge in [0.25, 0.3) is 0 Å². The molecule has 2 atom stereocenters. The Morgan fingerprint density at radius 3 is 2.41 bits per heavy atom. The number of likely N-dealkylation sites (tertiary alicyclic amines) is 1. The van der Waals surface area contributed by atoms with Crippen molar-refractivity contribution in [2.75, 3.05) is 26.3 Å². The van der Waals surface area contributed by atoms with Crippen LogP contribution in [-0.2, 0) is 19.1 Å². The van der Waals surface area contributed by atoms with Crippen LogP contribution in [0.2, 0.25) is 0 Å². The summed E-state index contributed by atoms with van der Waals surface area (Å²) < 4.78 is 11.4. The highest BCUT2D eigenvalue weighted by Crippen LogP contribution is 2.26. The number of hydrogen-bond donors (Lipinski definition) is 1. The third kappa shape index (κ3) is 6.18. The molecule has 0 radical (unpaired) electrons. The molecule has 2 unspecified atom stereocenters. The molecule has 6 heteroatoms. The van der Waals surface area contributed by atoms with Crippen molar-refractivity contribution < 1.29 is 19.1 Å². The lowest BCUT2D eigenvalue weighted by Crippen LogP contribution is -2.50.